The molecule has 0 aliphatic carbocycles. The van der Waals surface area contributed by atoms with E-state index in [9.17, 15) is 4.79 Å². The third-order valence-electron chi connectivity index (χ3n) is 2.10. The number of benzene rings is 1. The van der Waals surface area contributed by atoms with Crippen LogP contribution in [0.5, 0.6) is 5.75 Å². The van der Waals surface area contributed by atoms with Crippen molar-refractivity contribution < 1.29 is 9.53 Å². The highest BCUT2D eigenvalue weighted by molar-refractivity contribution is 6.28. The van der Waals surface area contributed by atoms with Gasteiger partial charge in [-0.05, 0) is 23.7 Å². The van der Waals surface area contributed by atoms with Gasteiger partial charge in [-0.1, -0.05) is 6.07 Å². The van der Waals surface area contributed by atoms with Gasteiger partial charge in [0.2, 0.25) is 5.28 Å². The molecule has 0 saturated heterocycles. The molecule has 2 aromatic rings. The number of ether oxygens (including phenoxy) is 1. The number of hydrogen-bond acceptors (Lipinski definition) is 6. The number of amides is 1. The molecule has 7 nitrogen and oxygen atoms in total. The van der Waals surface area contributed by atoms with E-state index in [1.165, 1.54) is 6.20 Å². The monoisotopic (exact) mass is 279 g/mol. The molecule has 1 amide bonds. The Balaban J connectivity index is 2.23. The molecule has 0 unspecified atom stereocenters. The smallest absolute Gasteiger partial charge is 0.409 e. The fourth-order valence-electron chi connectivity index (χ4n) is 1.36. The van der Waals surface area contributed by atoms with Gasteiger partial charge in [-0.2, -0.15) is 4.98 Å². The maximum Gasteiger partial charge on any atom is 0.409 e. The zero-order valence-electron chi connectivity index (χ0n) is 9.63. The van der Waals surface area contributed by atoms with E-state index in [-0.39, 0.29) is 5.28 Å². The summed E-state index contributed by atoms with van der Waals surface area (Å²) in [5.41, 5.74) is 11.6. The molecule has 0 saturated carbocycles. The number of anilines is 3. The van der Waals surface area contributed by atoms with E-state index in [0.717, 1.165) is 0 Å². The summed E-state index contributed by atoms with van der Waals surface area (Å²) in [7, 11) is 0. The minimum absolute atomic E-state index is 0.0706. The molecule has 0 bridgehead atoms. The number of nitrogen functional groups attached to an aromatic ring is 1. The number of carbonyl (C=O) groups is 1. The Morgan fingerprint density at radius 1 is 1.42 bits per heavy atom. The maximum atomic E-state index is 10.7. The first-order valence-electron chi connectivity index (χ1n) is 5.17. The van der Waals surface area contributed by atoms with Gasteiger partial charge in [0.25, 0.3) is 0 Å². The molecule has 98 valence electrons. The number of nitrogens with two attached hydrogens (primary N) is 2. The Morgan fingerprint density at radius 2 is 2.21 bits per heavy atom. The van der Waals surface area contributed by atoms with Crippen LogP contribution in [0.4, 0.5) is 22.0 Å². The number of primary amides is 1. The van der Waals surface area contributed by atoms with Gasteiger partial charge in [0.15, 0.2) is 5.82 Å². The van der Waals surface area contributed by atoms with Crippen molar-refractivity contribution in [3.63, 3.8) is 0 Å². The zero-order valence-corrected chi connectivity index (χ0v) is 10.4. The third-order valence-corrected chi connectivity index (χ3v) is 2.28. The first-order valence-corrected chi connectivity index (χ1v) is 5.55. The number of halogens is 1. The maximum absolute atomic E-state index is 10.7. The van der Waals surface area contributed by atoms with Crippen molar-refractivity contribution in [1.29, 1.82) is 0 Å². The predicted octanol–water partition coefficient (Wildman–Crippen LogP) is 1.91. The lowest BCUT2D eigenvalue weighted by Gasteiger charge is -2.09. The average molecular weight is 280 g/mol. The Morgan fingerprint density at radius 3 is 2.95 bits per heavy atom. The molecule has 1 aromatic heterocycles. The van der Waals surface area contributed by atoms with Gasteiger partial charge < -0.3 is 21.5 Å². The fourth-order valence-corrected chi connectivity index (χ4v) is 1.49. The summed E-state index contributed by atoms with van der Waals surface area (Å²) >= 11 is 5.68. The molecular weight excluding hydrogens is 270 g/mol. The number of nitrogens with zero attached hydrogens (tertiary/aromatic N) is 2. The molecule has 0 radical (unpaired) electrons. The lowest BCUT2D eigenvalue weighted by molar-refractivity contribution is 0.211. The van der Waals surface area contributed by atoms with E-state index in [1.807, 2.05) is 0 Å². The molecule has 1 heterocycles. The molecule has 5 N–H and O–H groups in total. The van der Waals surface area contributed by atoms with Crippen molar-refractivity contribution in [1.82, 2.24) is 9.97 Å². The number of hydrogen-bond donors (Lipinski definition) is 3. The normalized spacial score (nSPS) is 9.95. The van der Waals surface area contributed by atoms with Crippen molar-refractivity contribution in [2.45, 2.75) is 0 Å². The highest BCUT2D eigenvalue weighted by Gasteiger charge is 2.05. The molecule has 8 heteroatoms. The van der Waals surface area contributed by atoms with Gasteiger partial charge in [0, 0.05) is 11.8 Å². The van der Waals surface area contributed by atoms with Crippen molar-refractivity contribution >= 4 is 34.9 Å². The van der Waals surface area contributed by atoms with Crippen LogP contribution in [-0.2, 0) is 0 Å². The van der Waals surface area contributed by atoms with Gasteiger partial charge in [0.1, 0.15) is 5.75 Å². The van der Waals surface area contributed by atoms with E-state index in [4.69, 9.17) is 27.8 Å². The van der Waals surface area contributed by atoms with E-state index in [2.05, 4.69) is 15.3 Å². The topological polar surface area (TPSA) is 116 Å². The predicted molar refractivity (Wildman–Crippen MR) is 71.4 cm³/mol. The average Bonchev–Trinajstić information content (AvgIpc) is 2.33. The van der Waals surface area contributed by atoms with Crippen LogP contribution < -0.4 is 21.5 Å². The number of aromatic nitrogens is 2. The molecule has 0 aliphatic heterocycles. The van der Waals surface area contributed by atoms with Gasteiger partial charge in [0.05, 0.1) is 11.9 Å². The summed E-state index contributed by atoms with van der Waals surface area (Å²) in [5.74, 6) is 0.660. The molecule has 0 fully saturated rings. The Bertz CT molecular complexity index is 620. The van der Waals surface area contributed by atoms with Crippen LogP contribution in [0.15, 0.2) is 30.5 Å². The summed E-state index contributed by atoms with van der Waals surface area (Å²) < 4.78 is 4.76. The van der Waals surface area contributed by atoms with Crippen molar-refractivity contribution in [2.24, 2.45) is 5.73 Å². The highest BCUT2D eigenvalue weighted by Crippen LogP contribution is 2.24. The van der Waals surface area contributed by atoms with Crippen molar-refractivity contribution in [2.75, 3.05) is 11.1 Å². The molecule has 0 aliphatic rings. The van der Waals surface area contributed by atoms with Crippen molar-refractivity contribution in [3.8, 4) is 5.75 Å². The highest BCUT2D eigenvalue weighted by atomic mass is 35.5. The van der Waals surface area contributed by atoms with Crippen LogP contribution >= 0.6 is 11.6 Å². The SMILES string of the molecule is NC(=O)Oc1cccc(Nc2nc(Cl)ncc2N)c1. The summed E-state index contributed by atoms with van der Waals surface area (Å²) in [6.07, 6.45) is 0.503. The minimum Gasteiger partial charge on any atom is -0.410 e. The summed E-state index contributed by atoms with van der Waals surface area (Å²) in [4.78, 5) is 18.3. The fraction of sp³-hybridized carbons (Fsp3) is 0. The van der Waals surface area contributed by atoms with Crippen molar-refractivity contribution in [3.05, 3.63) is 35.7 Å². The largest absolute Gasteiger partial charge is 0.410 e. The van der Waals surface area contributed by atoms with E-state index in [0.29, 0.717) is 22.9 Å². The van der Waals surface area contributed by atoms with Gasteiger partial charge >= 0.3 is 6.09 Å². The second-order valence-corrected chi connectivity index (χ2v) is 3.85. The van der Waals surface area contributed by atoms with Crippen LogP contribution in [0.1, 0.15) is 0 Å². The third kappa shape index (κ3) is 3.46. The van der Waals surface area contributed by atoms with Crippen LogP contribution in [0, 0.1) is 0 Å². The minimum atomic E-state index is -0.887. The summed E-state index contributed by atoms with van der Waals surface area (Å²) in [6.45, 7) is 0. The van der Waals surface area contributed by atoms with E-state index < -0.39 is 6.09 Å². The van der Waals surface area contributed by atoms with Crippen LogP contribution in [0.25, 0.3) is 0 Å². The molecule has 19 heavy (non-hydrogen) atoms. The molecule has 0 atom stereocenters. The Hall–Kier alpha value is -2.54. The zero-order chi connectivity index (χ0) is 13.8. The van der Waals surface area contributed by atoms with Gasteiger partial charge in [-0.15, -0.1) is 0 Å². The molecule has 2 rings (SSSR count). The second kappa shape index (κ2) is 5.40. The molecular formula is C11H10ClN5O2. The summed E-state index contributed by atoms with van der Waals surface area (Å²) in [5, 5.41) is 3.00. The van der Waals surface area contributed by atoms with Gasteiger partial charge in [-0.25, -0.2) is 9.78 Å². The number of rotatable bonds is 3. The van der Waals surface area contributed by atoms with Crippen LogP contribution in [-0.4, -0.2) is 16.1 Å². The first-order chi connectivity index (χ1) is 9.04. The standard InChI is InChI=1S/C11H10ClN5O2/c12-10-15-5-8(13)9(17-10)16-6-2-1-3-7(4-6)19-11(14)18/h1-5H,13H2,(H2,14,18)(H,15,16,17). The molecule has 1 aromatic carbocycles. The van der Waals surface area contributed by atoms with Gasteiger partial charge in [-0.3, -0.25) is 0 Å². The van der Waals surface area contributed by atoms with E-state index in [1.54, 1.807) is 24.3 Å². The quantitative estimate of drug-likeness (QED) is 0.739. The first kappa shape index (κ1) is 12.9. The van der Waals surface area contributed by atoms with Crippen LogP contribution in [0.3, 0.4) is 0 Å². The number of nitrogens with one attached hydrogen (secondary N) is 1. The number of carbonyl (C=O) groups excluding carboxylic acids is 1. The lowest BCUT2D eigenvalue weighted by Crippen LogP contribution is -2.16. The second-order valence-electron chi connectivity index (χ2n) is 3.52. The lowest BCUT2D eigenvalue weighted by atomic mass is 10.3. The van der Waals surface area contributed by atoms with E-state index >= 15 is 0 Å². The Labute approximate surface area is 113 Å². The molecule has 0 spiro atoms. The Kier molecular flexibility index (Phi) is 3.67. The van der Waals surface area contributed by atoms with Crippen LogP contribution in [0.2, 0.25) is 5.28 Å². The summed E-state index contributed by atoms with van der Waals surface area (Å²) in [6, 6.07) is 6.58.